The lowest BCUT2D eigenvalue weighted by atomic mass is 9.84. The fourth-order valence-corrected chi connectivity index (χ4v) is 3.61. The van der Waals surface area contributed by atoms with E-state index in [2.05, 4.69) is 88.9 Å². The molecule has 2 aromatic rings. The fraction of sp³-hybridized carbons (Fsp3) is 0.500. The van der Waals surface area contributed by atoms with Crippen molar-refractivity contribution in [2.24, 2.45) is 0 Å². The largest absolute Gasteiger partial charge is 0.371 e. The van der Waals surface area contributed by atoms with Gasteiger partial charge in [-0.15, -0.1) is 0 Å². The first-order valence-corrected chi connectivity index (χ1v) is 9.67. The molecule has 0 spiro atoms. The van der Waals surface area contributed by atoms with Gasteiger partial charge >= 0.3 is 0 Å². The highest BCUT2D eigenvalue weighted by Gasteiger charge is 2.21. The molecule has 1 saturated heterocycles. The van der Waals surface area contributed by atoms with E-state index in [0.29, 0.717) is 0 Å². The average molecular weight is 336 g/mol. The second-order valence-corrected chi connectivity index (χ2v) is 9.50. The first kappa shape index (κ1) is 18.0. The van der Waals surface area contributed by atoms with Crippen molar-refractivity contribution in [3.8, 4) is 11.1 Å². The summed E-state index contributed by atoms with van der Waals surface area (Å²) < 4.78 is 0. The zero-order valence-corrected chi connectivity index (χ0v) is 16.8. The molecule has 1 heterocycles. The second kappa shape index (κ2) is 6.52. The van der Waals surface area contributed by atoms with Crippen LogP contribution in [0, 0.1) is 0 Å². The van der Waals surface area contributed by atoms with Crippen molar-refractivity contribution < 1.29 is 0 Å². The maximum absolute atomic E-state index is 2.57. The van der Waals surface area contributed by atoms with Crippen molar-refractivity contribution in [3.63, 3.8) is 0 Å². The Bertz CT molecular complexity index is 720. The molecule has 0 atom stereocenters. The van der Waals surface area contributed by atoms with Gasteiger partial charge in [0, 0.05) is 24.3 Å². The molecule has 0 bridgehead atoms. The third-order valence-electron chi connectivity index (χ3n) is 5.37. The SMILES string of the molecule is CC(C)(C)c1ccc(-c2ccc(C(C)(C)C)cc2N2CCCC2)cc1. The number of rotatable bonds is 2. The minimum atomic E-state index is 0.184. The van der Waals surface area contributed by atoms with Crippen molar-refractivity contribution in [2.45, 2.75) is 65.2 Å². The summed E-state index contributed by atoms with van der Waals surface area (Å²) in [6.07, 6.45) is 2.62. The van der Waals surface area contributed by atoms with Crippen LogP contribution in [0.15, 0.2) is 42.5 Å². The molecule has 1 aliphatic rings. The summed E-state index contributed by atoms with van der Waals surface area (Å²) in [5.41, 5.74) is 7.31. The van der Waals surface area contributed by atoms with Crippen LogP contribution in [0.5, 0.6) is 0 Å². The summed E-state index contributed by atoms with van der Waals surface area (Å²) >= 11 is 0. The smallest absolute Gasteiger partial charge is 0.0448 e. The van der Waals surface area contributed by atoms with Gasteiger partial charge in [-0.2, -0.15) is 0 Å². The lowest BCUT2D eigenvalue weighted by molar-refractivity contribution is 0.589. The second-order valence-electron chi connectivity index (χ2n) is 9.50. The van der Waals surface area contributed by atoms with E-state index < -0.39 is 0 Å². The Kier molecular flexibility index (Phi) is 4.70. The van der Waals surface area contributed by atoms with E-state index in [9.17, 15) is 0 Å². The summed E-state index contributed by atoms with van der Waals surface area (Å²) in [5.74, 6) is 0. The Labute approximate surface area is 154 Å². The topological polar surface area (TPSA) is 3.24 Å². The zero-order valence-electron chi connectivity index (χ0n) is 16.8. The van der Waals surface area contributed by atoms with Gasteiger partial charge in [0.2, 0.25) is 0 Å². The molecule has 3 rings (SSSR count). The molecular weight excluding hydrogens is 302 g/mol. The van der Waals surface area contributed by atoms with Crippen molar-refractivity contribution in [1.29, 1.82) is 0 Å². The van der Waals surface area contributed by atoms with Gasteiger partial charge in [-0.3, -0.25) is 0 Å². The van der Waals surface area contributed by atoms with E-state index in [1.807, 2.05) is 0 Å². The van der Waals surface area contributed by atoms with Crippen LogP contribution >= 0.6 is 0 Å². The van der Waals surface area contributed by atoms with Gasteiger partial charge in [0.05, 0.1) is 0 Å². The Balaban J connectivity index is 2.05. The molecule has 1 aliphatic heterocycles. The molecule has 134 valence electrons. The van der Waals surface area contributed by atoms with Crippen LogP contribution in [0.3, 0.4) is 0 Å². The zero-order chi connectivity index (χ0) is 18.2. The summed E-state index contributed by atoms with van der Waals surface area (Å²) in [6, 6.07) is 16.3. The maximum atomic E-state index is 2.57. The summed E-state index contributed by atoms with van der Waals surface area (Å²) in [5, 5.41) is 0. The normalized spacial score (nSPS) is 15.7. The fourth-order valence-electron chi connectivity index (χ4n) is 3.61. The van der Waals surface area contributed by atoms with Crippen LogP contribution in [-0.4, -0.2) is 13.1 Å². The molecule has 0 aromatic heterocycles. The summed E-state index contributed by atoms with van der Waals surface area (Å²) in [7, 11) is 0. The van der Waals surface area contributed by atoms with Gasteiger partial charge < -0.3 is 4.90 Å². The third kappa shape index (κ3) is 3.92. The van der Waals surface area contributed by atoms with Crippen LogP contribution < -0.4 is 4.90 Å². The first-order chi connectivity index (χ1) is 11.7. The molecule has 0 aliphatic carbocycles. The molecule has 0 radical (unpaired) electrons. The van der Waals surface area contributed by atoms with Gasteiger partial charge in [-0.1, -0.05) is 77.9 Å². The molecule has 0 amide bonds. The lowest BCUT2D eigenvalue weighted by Crippen LogP contribution is -2.20. The van der Waals surface area contributed by atoms with E-state index in [0.717, 1.165) is 0 Å². The van der Waals surface area contributed by atoms with Gasteiger partial charge in [-0.25, -0.2) is 0 Å². The predicted molar refractivity (Wildman–Crippen MR) is 111 cm³/mol. The highest BCUT2D eigenvalue weighted by molar-refractivity contribution is 5.80. The van der Waals surface area contributed by atoms with Crippen LogP contribution in [0.25, 0.3) is 11.1 Å². The van der Waals surface area contributed by atoms with Crippen LogP contribution in [0.4, 0.5) is 5.69 Å². The Morgan fingerprint density at radius 3 is 1.72 bits per heavy atom. The van der Waals surface area contributed by atoms with Crippen molar-refractivity contribution in [2.75, 3.05) is 18.0 Å². The number of nitrogens with zero attached hydrogens (tertiary/aromatic N) is 1. The third-order valence-corrected chi connectivity index (χ3v) is 5.37. The quantitative estimate of drug-likeness (QED) is 0.601. The maximum Gasteiger partial charge on any atom is 0.0448 e. The van der Waals surface area contributed by atoms with Gasteiger partial charge in [0.25, 0.3) is 0 Å². The van der Waals surface area contributed by atoms with E-state index in [1.54, 1.807) is 0 Å². The highest BCUT2D eigenvalue weighted by Crippen LogP contribution is 2.37. The molecule has 1 fully saturated rings. The van der Waals surface area contributed by atoms with Crippen molar-refractivity contribution >= 4 is 5.69 Å². The van der Waals surface area contributed by atoms with Crippen LogP contribution in [0.2, 0.25) is 0 Å². The molecule has 2 aromatic carbocycles. The summed E-state index contributed by atoms with van der Waals surface area (Å²) in [6.45, 7) is 16.1. The average Bonchev–Trinajstić information content (AvgIpc) is 3.07. The lowest BCUT2D eigenvalue weighted by Gasteiger charge is -2.27. The molecule has 0 saturated carbocycles. The Morgan fingerprint density at radius 1 is 0.680 bits per heavy atom. The first-order valence-electron chi connectivity index (χ1n) is 9.67. The van der Waals surface area contributed by atoms with Gasteiger partial charge in [-0.05, 0) is 46.4 Å². The van der Waals surface area contributed by atoms with E-state index >= 15 is 0 Å². The molecule has 0 unspecified atom stereocenters. The number of hydrogen-bond donors (Lipinski definition) is 0. The molecule has 1 nitrogen and oxygen atoms in total. The highest BCUT2D eigenvalue weighted by atomic mass is 15.1. The van der Waals surface area contributed by atoms with Crippen molar-refractivity contribution in [3.05, 3.63) is 53.6 Å². The summed E-state index contributed by atoms with van der Waals surface area (Å²) in [4.78, 5) is 2.57. The monoisotopic (exact) mass is 335 g/mol. The van der Waals surface area contributed by atoms with E-state index in [-0.39, 0.29) is 10.8 Å². The van der Waals surface area contributed by atoms with E-state index in [4.69, 9.17) is 0 Å². The van der Waals surface area contributed by atoms with E-state index in [1.165, 1.54) is 53.9 Å². The minimum absolute atomic E-state index is 0.184. The number of benzene rings is 2. The Hall–Kier alpha value is -1.76. The molecule has 25 heavy (non-hydrogen) atoms. The molecule has 0 N–H and O–H groups in total. The predicted octanol–water partition coefficient (Wildman–Crippen LogP) is 6.55. The number of hydrogen-bond acceptors (Lipinski definition) is 1. The van der Waals surface area contributed by atoms with Crippen molar-refractivity contribution in [1.82, 2.24) is 0 Å². The van der Waals surface area contributed by atoms with Gasteiger partial charge in [0.15, 0.2) is 0 Å². The molecular formula is C24H33N. The molecule has 1 heteroatoms. The number of anilines is 1. The standard InChI is InChI=1S/C24H33N/c1-23(2,3)19-11-9-18(10-12-19)21-14-13-20(24(4,5)6)17-22(21)25-15-7-8-16-25/h9-14,17H,7-8,15-16H2,1-6H3. The minimum Gasteiger partial charge on any atom is -0.371 e. The van der Waals surface area contributed by atoms with Crippen LogP contribution in [-0.2, 0) is 10.8 Å². The Morgan fingerprint density at radius 2 is 1.20 bits per heavy atom. The van der Waals surface area contributed by atoms with Crippen LogP contribution in [0.1, 0.15) is 65.5 Å². The van der Waals surface area contributed by atoms with Gasteiger partial charge in [0.1, 0.15) is 0 Å².